The van der Waals surface area contributed by atoms with Crippen LogP contribution in [0, 0.1) is 12.8 Å². The molecular formula is C12H15NO2. The van der Waals surface area contributed by atoms with Crippen molar-refractivity contribution in [2.75, 3.05) is 6.54 Å². The van der Waals surface area contributed by atoms with E-state index in [4.69, 9.17) is 4.74 Å². The van der Waals surface area contributed by atoms with Crippen LogP contribution in [-0.2, 0) is 0 Å². The van der Waals surface area contributed by atoms with Crippen LogP contribution in [0.3, 0.4) is 0 Å². The van der Waals surface area contributed by atoms with Crippen molar-refractivity contribution < 1.29 is 9.53 Å². The Bertz CT molecular complexity index is 358. The number of rotatable bonds is 3. The predicted molar refractivity (Wildman–Crippen MR) is 57.9 cm³/mol. The lowest BCUT2D eigenvalue weighted by molar-refractivity contribution is 0.199. The minimum absolute atomic E-state index is 0.351. The lowest BCUT2D eigenvalue weighted by Crippen LogP contribution is -2.28. The molecule has 15 heavy (non-hydrogen) atoms. The molecule has 0 saturated heterocycles. The first-order valence-electron chi connectivity index (χ1n) is 5.27. The molecule has 0 spiro atoms. The first-order chi connectivity index (χ1) is 7.25. The summed E-state index contributed by atoms with van der Waals surface area (Å²) < 4.78 is 5.17. The van der Waals surface area contributed by atoms with Gasteiger partial charge in [-0.15, -0.1) is 0 Å². The van der Waals surface area contributed by atoms with Crippen LogP contribution in [0.1, 0.15) is 18.4 Å². The lowest BCUT2D eigenvalue weighted by Gasteiger charge is -2.07. The molecule has 2 rings (SSSR count). The van der Waals surface area contributed by atoms with Crippen molar-refractivity contribution in [3.63, 3.8) is 0 Å². The third-order valence-corrected chi connectivity index (χ3v) is 2.53. The quantitative estimate of drug-likeness (QED) is 0.823. The molecule has 0 bridgehead atoms. The largest absolute Gasteiger partial charge is 0.412 e. The van der Waals surface area contributed by atoms with E-state index in [0.717, 1.165) is 12.1 Å². The van der Waals surface area contributed by atoms with Gasteiger partial charge in [-0.3, -0.25) is 0 Å². The van der Waals surface area contributed by atoms with Crippen LogP contribution in [0.25, 0.3) is 0 Å². The van der Waals surface area contributed by atoms with E-state index >= 15 is 0 Å². The van der Waals surface area contributed by atoms with Crippen LogP contribution in [0.2, 0.25) is 0 Å². The van der Waals surface area contributed by atoms with E-state index in [1.807, 2.05) is 25.1 Å². The Morgan fingerprint density at radius 2 is 2.20 bits per heavy atom. The van der Waals surface area contributed by atoms with E-state index in [2.05, 4.69) is 5.32 Å². The van der Waals surface area contributed by atoms with Crippen molar-refractivity contribution in [1.82, 2.24) is 5.32 Å². The highest BCUT2D eigenvalue weighted by Gasteiger charge is 2.22. The molecule has 1 aromatic carbocycles. The number of para-hydroxylation sites is 1. The van der Waals surface area contributed by atoms with Crippen molar-refractivity contribution in [3.8, 4) is 5.75 Å². The first-order valence-corrected chi connectivity index (χ1v) is 5.27. The highest BCUT2D eigenvalue weighted by Crippen LogP contribution is 2.27. The van der Waals surface area contributed by atoms with Gasteiger partial charge in [0.05, 0.1) is 0 Å². The molecule has 1 N–H and O–H groups in total. The third-order valence-electron chi connectivity index (χ3n) is 2.53. The number of carbonyl (C=O) groups excluding carboxylic acids is 1. The molecule has 1 saturated carbocycles. The Kier molecular flexibility index (Phi) is 2.90. The molecule has 0 aromatic heterocycles. The number of benzene rings is 1. The average molecular weight is 205 g/mol. The van der Waals surface area contributed by atoms with Crippen LogP contribution < -0.4 is 10.1 Å². The van der Waals surface area contributed by atoms with Gasteiger partial charge in [0.1, 0.15) is 5.75 Å². The Morgan fingerprint density at radius 1 is 1.47 bits per heavy atom. The summed E-state index contributed by atoms with van der Waals surface area (Å²) in [6.45, 7) is 2.66. The fourth-order valence-electron chi connectivity index (χ4n) is 1.36. The van der Waals surface area contributed by atoms with E-state index in [0.29, 0.717) is 11.7 Å². The first kappa shape index (κ1) is 10.0. The summed E-state index contributed by atoms with van der Waals surface area (Å²) in [4.78, 5) is 11.4. The number of amides is 1. The van der Waals surface area contributed by atoms with Crippen LogP contribution in [-0.4, -0.2) is 12.6 Å². The van der Waals surface area contributed by atoms with Gasteiger partial charge in [0.2, 0.25) is 0 Å². The number of nitrogens with one attached hydrogen (secondary N) is 1. The number of hydrogen-bond acceptors (Lipinski definition) is 2. The predicted octanol–water partition coefficient (Wildman–Crippen LogP) is 2.49. The van der Waals surface area contributed by atoms with E-state index in [1.54, 1.807) is 6.07 Å². The van der Waals surface area contributed by atoms with Crippen LogP contribution in [0.4, 0.5) is 4.79 Å². The Morgan fingerprint density at radius 3 is 2.87 bits per heavy atom. The molecule has 1 aromatic rings. The molecule has 0 aliphatic heterocycles. The highest BCUT2D eigenvalue weighted by atomic mass is 16.6. The summed E-state index contributed by atoms with van der Waals surface area (Å²) in [5.41, 5.74) is 0.971. The number of ether oxygens (including phenoxy) is 1. The van der Waals surface area contributed by atoms with Crippen LogP contribution >= 0.6 is 0 Å². The van der Waals surface area contributed by atoms with Crippen molar-refractivity contribution in [2.45, 2.75) is 19.8 Å². The van der Waals surface area contributed by atoms with Gasteiger partial charge in [0, 0.05) is 6.54 Å². The van der Waals surface area contributed by atoms with Crippen molar-refractivity contribution >= 4 is 6.09 Å². The summed E-state index contributed by atoms with van der Waals surface area (Å²) in [6, 6.07) is 7.50. The van der Waals surface area contributed by atoms with Gasteiger partial charge < -0.3 is 10.1 Å². The summed E-state index contributed by atoms with van der Waals surface area (Å²) in [5.74, 6) is 1.31. The summed E-state index contributed by atoms with van der Waals surface area (Å²) in [6.07, 6.45) is 2.10. The van der Waals surface area contributed by atoms with Gasteiger partial charge in [-0.05, 0) is 37.3 Å². The minimum Gasteiger partial charge on any atom is -0.410 e. The molecule has 1 fully saturated rings. The summed E-state index contributed by atoms with van der Waals surface area (Å²) >= 11 is 0. The van der Waals surface area contributed by atoms with Gasteiger partial charge in [0.15, 0.2) is 0 Å². The summed E-state index contributed by atoms with van der Waals surface area (Å²) in [7, 11) is 0. The molecule has 0 heterocycles. The Labute approximate surface area is 89.4 Å². The van der Waals surface area contributed by atoms with E-state index in [-0.39, 0.29) is 6.09 Å². The van der Waals surface area contributed by atoms with E-state index in [9.17, 15) is 4.79 Å². The molecular weight excluding hydrogens is 190 g/mol. The zero-order valence-corrected chi connectivity index (χ0v) is 8.82. The summed E-state index contributed by atoms with van der Waals surface area (Å²) in [5, 5.41) is 2.76. The van der Waals surface area contributed by atoms with Gasteiger partial charge in [-0.25, -0.2) is 4.79 Å². The van der Waals surface area contributed by atoms with Crippen LogP contribution in [0.15, 0.2) is 24.3 Å². The highest BCUT2D eigenvalue weighted by molar-refractivity contribution is 5.70. The standard InChI is InChI=1S/C12H15NO2/c1-9-4-2-3-5-11(9)15-12(14)13-8-10-6-7-10/h2-5,10H,6-8H2,1H3,(H,13,14). The molecule has 3 nitrogen and oxygen atoms in total. The number of hydrogen-bond donors (Lipinski definition) is 1. The maximum absolute atomic E-state index is 11.4. The van der Waals surface area contributed by atoms with Gasteiger partial charge in [-0.2, -0.15) is 0 Å². The van der Waals surface area contributed by atoms with Gasteiger partial charge >= 0.3 is 6.09 Å². The molecule has 1 aliphatic carbocycles. The average Bonchev–Trinajstić information content (AvgIpc) is 3.02. The zero-order valence-electron chi connectivity index (χ0n) is 8.82. The molecule has 3 heteroatoms. The van der Waals surface area contributed by atoms with Crippen molar-refractivity contribution in [3.05, 3.63) is 29.8 Å². The Balaban J connectivity index is 1.84. The topological polar surface area (TPSA) is 38.3 Å². The monoisotopic (exact) mass is 205 g/mol. The maximum atomic E-state index is 11.4. The lowest BCUT2D eigenvalue weighted by atomic mass is 10.2. The Hall–Kier alpha value is -1.51. The number of aryl methyl sites for hydroxylation is 1. The smallest absolute Gasteiger partial charge is 0.410 e. The molecule has 1 amide bonds. The van der Waals surface area contributed by atoms with E-state index in [1.165, 1.54) is 12.8 Å². The fraction of sp³-hybridized carbons (Fsp3) is 0.417. The van der Waals surface area contributed by atoms with Gasteiger partial charge in [-0.1, -0.05) is 18.2 Å². The molecule has 1 aliphatic rings. The molecule has 0 radical (unpaired) electrons. The molecule has 0 atom stereocenters. The normalized spacial score (nSPS) is 14.7. The second kappa shape index (κ2) is 4.34. The van der Waals surface area contributed by atoms with E-state index < -0.39 is 0 Å². The minimum atomic E-state index is -0.351. The van der Waals surface area contributed by atoms with Crippen LogP contribution in [0.5, 0.6) is 5.75 Å². The van der Waals surface area contributed by atoms with Crippen molar-refractivity contribution in [2.24, 2.45) is 5.92 Å². The van der Waals surface area contributed by atoms with Crippen molar-refractivity contribution in [1.29, 1.82) is 0 Å². The molecule has 0 unspecified atom stereocenters. The number of carbonyl (C=O) groups is 1. The van der Waals surface area contributed by atoms with Gasteiger partial charge in [0.25, 0.3) is 0 Å². The zero-order chi connectivity index (χ0) is 10.7. The third kappa shape index (κ3) is 2.98. The SMILES string of the molecule is Cc1ccccc1OC(=O)NCC1CC1. The fourth-order valence-corrected chi connectivity index (χ4v) is 1.36. The maximum Gasteiger partial charge on any atom is 0.412 e. The second-order valence-corrected chi connectivity index (χ2v) is 3.98. The second-order valence-electron chi connectivity index (χ2n) is 3.98. The molecule has 80 valence electrons.